The summed E-state index contributed by atoms with van der Waals surface area (Å²) in [5.74, 6) is 0.915. The van der Waals surface area contributed by atoms with E-state index in [1.807, 2.05) is 0 Å². The van der Waals surface area contributed by atoms with Crippen molar-refractivity contribution >= 4 is 22.8 Å². The Labute approximate surface area is 55.6 Å². The molecule has 0 aromatic carbocycles. The molecule has 7 heavy (non-hydrogen) atoms. The van der Waals surface area contributed by atoms with Gasteiger partial charge in [0.15, 0.2) is 0 Å². The smallest absolute Gasteiger partial charge is 0.0229 e. The van der Waals surface area contributed by atoms with Crippen molar-refractivity contribution in [2.24, 2.45) is 5.92 Å². The van der Waals surface area contributed by atoms with Gasteiger partial charge in [0, 0.05) is 0 Å². The van der Waals surface area contributed by atoms with Gasteiger partial charge in [-0.15, -0.1) is 0 Å². The Morgan fingerprint density at radius 1 is 1.71 bits per heavy atom. The number of hydrogen-bond donors (Lipinski definition) is 0. The summed E-state index contributed by atoms with van der Waals surface area (Å²) in [5.41, 5.74) is 0. The molecular formula is C5H12BrP. The zero-order chi connectivity index (χ0) is 5.70. The van der Waals surface area contributed by atoms with Crippen LogP contribution in [0.3, 0.4) is 0 Å². The molecule has 0 aromatic rings. The van der Waals surface area contributed by atoms with Gasteiger partial charge in [0.05, 0.1) is 0 Å². The first kappa shape index (κ1) is 7.91. The minimum atomic E-state index is 0.915. The van der Waals surface area contributed by atoms with Crippen LogP contribution in [0, 0.1) is 5.92 Å². The van der Waals surface area contributed by atoms with E-state index in [1.54, 1.807) is 0 Å². The van der Waals surface area contributed by atoms with E-state index in [0.717, 1.165) is 13.2 Å². The van der Waals surface area contributed by atoms with Crippen LogP contribution in [0.4, 0.5) is 0 Å². The van der Waals surface area contributed by atoms with Gasteiger partial charge in [-0.3, -0.25) is 0 Å². The molecule has 0 saturated carbocycles. The van der Waals surface area contributed by atoms with Crippen LogP contribution in [0.15, 0.2) is 0 Å². The topological polar surface area (TPSA) is 0 Å². The largest absolute Gasteiger partial charge is 0.0651 e. The van der Waals surface area contributed by atoms with Crippen LogP contribution in [-0.4, -0.2) is 6.16 Å². The highest BCUT2D eigenvalue weighted by molar-refractivity contribution is 9.36. The Bertz CT molecular complexity index is 39.1. The first-order chi connectivity index (χ1) is 3.31. The number of rotatable bonds is 3. The minimum absolute atomic E-state index is 0.915. The van der Waals surface area contributed by atoms with Crippen molar-refractivity contribution in [1.29, 1.82) is 0 Å². The third kappa shape index (κ3) is 4.77. The Morgan fingerprint density at radius 3 is 2.43 bits per heavy atom. The molecule has 0 radical (unpaired) electrons. The highest BCUT2D eigenvalue weighted by Gasteiger charge is 1.93. The summed E-state index contributed by atoms with van der Waals surface area (Å²) in [5, 5.41) is 0. The van der Waals surface area contributed by atoms with Crippen LogP contribution >= 0.6 is 22.8 Å². The molecule has 44 valence electrons. The maximum absolute atomic E-state index is 3.42. The Balaban J connectivity index is 2.83. The van der Waals surface area contributed by atoms with Crippen LogP contribution in [0.2, 0.25) is 0 Å². The van der Waals surface area contributed by atoms with Crippen molar-refractivity contribution in [2.75, 3.05) is 6.16 Å². The maximum atomic E-state index is 3.42. The molecule has 0 aromatic heterocycles. The molecule has 2 atom stereocenters. The summed E-state index contributed by atoms with van der Waals surface area (Å²) < 4.78 is 0. The van der Waals surface area contributed by atoms with E-state index < -0.39 is 0 Å². The Morgan fingerprint density at radius 2 is 2.29 bits per heavy atom. The van der Waals surface area contributed by atoms with Crippen LogP contribution < -0.4 is 0 Å². The summed E-state index contributed by atoms with van der Waals surface area (Å²) in [4.78, 5) is 0. The van der Waals surface area contributed by atoms with Gasteiger partial charge < -0.3 is 0 Å². The molecule has 0 saturated heterocycles. The van der Waals surface area contributed by atoms with Gasteiger partial charge in [-0.2, -0.15) is 0 Å². The zero-order valence-electron chi connectivity index (χ0n) is 4.87. The highest BCUT2D eigenvalue weighted by atomic mass is 79.9. The molecule has 2 unspecified atom stereocenters. The van der Waals surface area contributed by atoms with Gasteiger partial charge in [-0.25, -0.2) is 0 Å². The van der Waals surface area contributed by atoms with Crippen LogP contribution in [0.1, 0.15) is 20.3 Å². The minimum Gasteiger partial charge on any atom is -0.0651 e. The Hall–Kier alpha value is 0.910. The lowest BCUT2D eigenvalue weighted by Crippen LogP contribution is -1.90. The van der Waals surface area contributed by atoms with E-state index in [1.165, 1.54) is 12.6 Å². The lowest BCUT2D eigenvalue weighted by atomic mass is 10.2. The van der Waals surface area contributed by atoms with Crippen LogP contribution in [0.25, 0.3) is 0 Å². The normalized spacial score (nSPS) is 15.9. The van der Waals surface area contributed by atoms with Crippen molar-refractivity contribution in [1.82, 2.24) is 0 Å². The Kier molecular flexibility index (Phi) is 5.71. The fraction of sp³-hybridized carbons (Fsp3) is 1.00. The number of halogens is 1. The fourth-order valence-corrected chi connectivity index (χ4v) is 2.49. The standard InChI is InChI=1S/C5H12BrP/c1-3-5(2)4-7-6/h5,7H,3-4H2,1-2H3. The summed E-state index contributed by atoms with van der Waals surface area (Å²) in [6, 6.07) is 0. The molecule has 0 aliphatic heterocycles. The van der Waals surface area contributed by atoms with Gasteiger partial charge in [-0.05, 0) is 19.4 Å². The summed E-state index contributed by atoms with van der Waals surface area (Å²) in [6.07, 6.45) is 2.66. The predicted molar refractivity (Wildman–Crippen MR) is 41.6 cm³/mol. The second-order valence-corrected chi connectivity index (χ2v) is 4.21. The van der Waals surface area contributed by atoms with Gasteiger partial charge in [-0.1, -0.05) is 35.8 Å². The van der Waals surface area contributed by atoms with Gasteiger partial charge in [0.1, 0.15) is 0 Å². The monoisotopic (exact) mass is 182 g/mol. The molecule has 0 aliphatic carbocycles. The first-order valence-electron chi connectivity index (χ1n) is 2.64. The van der Waals surface area contributed by atoms with Crippen LogP contribution in [0.5, 0.6) is 0 Å². The molecule has 0 nitrogen and oxygen atoms in total. The second kappa shape index (κ2) is 5.05. The van der Waals surface area contributed by atoms with E-state index in [0.29, 0.717) is 0 Å². The molecule has 0 bridgehead atoms. The molecule has 0 rings (SSSR count). The molecule has 2 heteroatoms. The van der Waals surface area contributed by atoms with Crippen LogP contribution in [-0.2, 0) is 0 Å². The van der Waals surface area contributed by atoms with Crippen molar-refractivity contribution in [3.05, 3.63) is 0 Å². The third-order valence-corrected chi connectivity index (χ3v) is 2.94. The average Bonchev–Trinajstić information content (AvgIpc) is 1.68. The van der Waals surface area contributed by atoms with E-state index in [4.69, 9.17) is 0 Å². The molecular weight excluding hydrogens is 171 g/mol. The van der Waals surface area contributed by atoms with E-state index >= 15 is 0 Å². The quantitative estimate of drug-likeness (QED) is 0.590. The SMILES string of the molecule is CCC(C)CPBr. The van der Waals surface area contributed by atoms with Crippen molar-refractivity contribution in [2.45, 2.75) is 20.3 Å². The molecule has 0 N–H and O–H groups in total. The summed E-state index contributed by atoms with van der Waals surface area (Å²) in [7, 11) is 0.957. The maximum Gasteiger partial charge on any atom is -0.0229 e. The summed E-state index contributed by atoms with van der Waals surface area (Å²) >= 11 is 3.42. The van der Waals surface area contributed by atoms with Crippen molar-refractivity contribution in [3.63, 3.8) is 0 Å². The zero-order valence-corrected chi connectivity index (χ0v) is 7.46. The lowest BCUT2D eigenvalue weighted by molar-refractivity contribution is 0.636. The predicted octanol–water partition coefficient (Wildman–Crippen LogP) is 3.02. The molecule has 0 spiro atoms. The van der Waals surface area contributed by atoms with Gasteiger partial charge in [0.2, 0.25) is 0 Å². The number of hydrogen-bond acceptors (Lipinski definition) is 0. The van der Waals surface area contributed by atoms with Gasteiger partial charge in [0.25, 0.3) is 0 Å². The molecule has 0 fully saturated rings. The molecule has 0 heterocycles. The lowest BCUT2D eigenvalue weighted by Gasteiger charge is -2.01. The van der Waals surface area contributed by atoms with Crippen molar-refractivity contribution in [3.8, 4) is 0 Å². The van der Waals surface area contributed by atoms with E-state index in [9.17, 15) is 0 Å². The third-order valence-electron chi connectivity index (χ3n) is 1.12. The van der Waals surface area contributed by atoms with E-state index in [-0.39, 0.29) is 0 Å². The average molecular weight is 183 g/mol. The second-order valence-electron chi connectivity index (χ2n) is 1.85. The molecule has 0 amide bonds. The fourth-order valence-electron chi connectivity index (χ4n) is 0.276. The highest BCUT2D eigenvalue weighted by Crippen LogP contribution is 2.23. The van der Waals surface area contributed by atoms with Gasteiger partial charge >= 0.3 is 0 Å². The first-order valence-corrected chi connectivity index (χ1v) is 6.11. The summed E-state index contributed by atoms with van der Waals surface area (Å²) in [6.45, 7) is 4.52. The van der Waals surface area contributed by atoms with Crippen molar-refractivity contribution < 1.29 is 0 Å². The van der Waals surface area contributed by atoms with E-state index in [2.05, 4.69) is 29.3 Å². The molecule has 0 aliphatic rings.